The highest BCUT2D eigenvalue weighted by atomic mass is 35.5. The SMILES string of the molecule is COc1ccc(Cl)cc1CC1CCC(=O)CN(S(=O)(=O)c2ccc(CCN)cc2)C1=O. The quantitative estimate of drug-likeness (QED) is 0.674. The molecule has 1 aliphatic rings. The Hall–Kier alpha value is -2.42. The zero-order valence-corrected chi connectivity index (χ0v) is 18.8. The van der Waals surface area contributed by atoms with Crippen molar-refractivity contribution in [3.8, 4) is 5.75 Å². The summed E-state index contributed by atoms with van der Waals surface area (Å²) in [6.45, 7) is -0.0191. The van der Waals surface area contributed by atoms with E-state index in [9.17, 15) is 18.0 Å². The molecule has 2 aromatic carbocycles. The van der Waals surface area contributed by atoms with E-state index in [1.54, 1.807) is 30.3 Å². The van der Waals surface area contributed by atoms with Crippen molar-refractivity contribution in [1.82, 2.24) is 4.31 Å². The number of hydrogen-bond donors (Lipinski definition) is 1. The molecule has 1 aliphatic heterocycles. The average molecular weight is 465 g/mol. The number of hydrogen-bond acceptors (Lipinski definition) is 6. The highest BCUT2D eigenvalue weighted by Crippen LogP contribution is 2.30. The normalized spacial score (nSPS) is 17.5. The number of amides is 1. The zero-order valence-electron chi connectivity index (χ0n) is 17.2. The topological polar surface area (TPSA) is 107 Å². The van der Waals surface area contributed by atoms with Gasteiger partial charge in [-0.2, -0.15) is 0 Å². The van der Waals surface area contributed by atoms with Crippen molar-refractivity contribution in [1.29, 1.82) is 0 Å². The molecule has 1 fully saturated rings. The number of nitrogens with zero attached hydrogens (tertiary/aromatic N) is 1. The van der Waals surface area contributed by atoms with Crippen molar-refractivity contribution in [2.45, 2.75) is 30.6 Å². The fraction of sp³-hybridized carbons (Fsp3) is 0.364. The number of Topliss-reactive ketones (excluding diaryl/α,β-unsaturated/α-hetero) is 1. The maximum absolute atomic E-state index is 13.3. The van der Waals surface area contributed by atoms with Crippen molar-refractivity contribution in [2.24, 2.45) is 11.7 Å². The Labute approximate surface area is 187 Å². The van der Waals surface area contributed by atoms with Crippen LogP contribution in [-0.2, 0) is 32.5 Å². The summed E-state index contributed by atoms with van der Waals surface area (Å²) >= 11 is 6.09. The summed E-state index contributed by atoms with van der Waals surface area (Å²) < 4.78 is 32.5. The van der Waals surface area contributed by atoms with Gasteiger partial charge in [0.05, 0.1) is 18.6 Å². The Kier molecular flexibility index (Phi) is 7.35. The summed E-state index contributed by atoms with van der Waals surface area (Å²) in [7, 11) is -2.66. The lowest BCUT2D eigenvalue weighted by atomic mass is 9.93. The lowest BCUT2D eigenvalue weighted by molar-refractivity contribution is -0.131. The number of nitrogens with two attached hydrogens (primary N) is 1. The van der Waals surface area contributed by atoms with Gasteiger partial charge in [-0.15, -0.1) is 0 Å². The second-order valence-electron chi connectivity index (χ2n) is 7.47. The molecule has 1 amide bonds. The van der Waals surface area contributed by atoms with Gasteiger partial charge in [-0.3, -0.25) is 9.59 Å². The van der Waals surface area contributed by atoms with Crippen LogP contribution in [0.2, 0.25) is 5.02 Å². The summed E-state index contributed by atoms with van der Waals surface area (Å²) in [6.07, 6.45) is 1.22. The number of ketones is 1. The third kappa shape index (κ3) is 5.26. The van der Waals surface area contributed by atoms with Crippen molar-refractivity contribution in [3.63, 3.8) is 0 Å². The number of carbonyl (C=O) groups excluding carboxylic acids is 2. The molecule has 2 aromatic rings. The molecule has 0 saturated carbocycles. The molecule has 9 heteroatoms. The number of sulfonamides is 1. The molecule has 0 radical (unpaired) electrons. The molecule has 31 heavy (non-hydrogen) atoms. The van der Waals surface area contributed by atoms with Crippen LogP contribution in [-0.4, -0.2) is 44.6 Å². The fourth-order valence-electron chi connectivity index (χ4n) is 3.67. The second kappa shape index (κ2) is 9.80. The molecule has 0 aliphatic carbocycles. The third-order valence-electron chi connectivity index (χ3n) is 5.34. The van der Waals surface area contributed by atoms with Gasteiger partial charge in [0, 0.05) is 17.4 Å². The van der Waals surface area contributed by atoms with E-state index in [2.05, 4.69) is 0 Å². The van der Waals surface area contributed by atoms with Gasteiger partial charge in [0.1, 0.15) is 5.75 Å². The molecule has 0 spiro atoms. The number of methoxy groups -OCH3 is 1. The van der Waals surface area contributed by atoms with Gasteiger partial charge in [-0.1, -0.05) is 23.7 Å². The van der Waals surface area contributed by atoms with Crippen LogP contribution in [0.15, 0.2) is 47.4 Å². The summed E-state index contributed by atoms with van der Waals surface area (Å²) in [5.41, 5.74) is 7.12. The third-order valence-corrected chi connectivity index (χ3v) is 7.33. The lowest BCUT2D eigenvalue weighted by Crippen LogP contribution is -2.42. The van der Waals surface area contributed by atoms with Crippen LogP contribution in [0, 0.1) is 5.92 Å². The van der Waals surface area contributed by atoms with E-state index in [0.29, 0.717) is 33.6 Å². The Bertz CT molecular complexity index is 1070. The minimum Gasteiger partial charge on any atom is -0.496 e. The van der Waals surface area contributed by atoms with E-state index in [0.717, 1.165) is 5.56 Å². The number of carbonyl (C=O) groups is 2. The first-order chi connectivity index (χ1) is 14.8. The Morgan fingerprint density at radius 2 is 1.87 bits per heavy atom. The van der Waals surface area contributed by atoms with Gasteiger partial charge in [-0.25, -0.2) is 12.7 Å². The fourth-order valence-corrected chi connectivity index (χ4v) is 5.30. The maximum Gasteiger partial charge on any atom is 0.266 e. The Balaban J connectivity index is 1.92. The van der Waals surface area contributed by atoms with Gasteiger partial charge in [0.25, 0.3) is 10.0 Å². The van der Waals surface area contributed by atoms with Crippen molar-refractivity contribution >= 4 is 33.3 Å². The first-order valence-electron chi connectivity index (χ1n) is 9.96. The van der Waals surface area contributed by atoms with Gasteiger partial charge < -0.3 is 10.5 Å². The molecular formula is C22H25ClN2O5S. The average Bonchev–Trinajstić information content (AvgIpc) is 2.88. The zero-order chi connectivity index (χ0) is 22.6. The molecule has 7 nitrogen and oxygen atoms in total. The van der Waals surface area contributed by atoms with E-state index >= 15 is 0 Å². The molecule has 1 saturated heterocycles. The number of halogens is 1. The van der Waals surface area contributed by atoms with Crippen LogP contribution in [0.3, 0.4) is 0 Å². The van der Waals surface area contributed by atoms with Gasteiger partial charge in [0.15, 0.2) is 5.78 Å². The molecule has 166 valence electrons. The second-order valence-corrected chi connectivity index (χ2v) is 9.77. The van der Waals surface area contributed by atoms with Gasteiger partial charge in [-0.05, 0) is 67.3 Å². The number of rotatable bonds is 7. The highest BCUT2D eigenvalue weighted by molar-refractivity contribution is 7.89. The van der Waals surface area contributed by atoms with Gasteiger partial charge >= 0.3 is 0 Å². The van der Waals surface area contributed by atoms with Crippen LogP contribution in [0.4, 0.5) is 0 Å². The van der Waals surface area contributed by atoms with Crippen LogP contribution < -0.4 is 10.5 Å². The van der Waals surface area contributed by atoms with E-state index in [1.165, 1.54) is 19.2 Å². The number of benzene rings is 2. The first-order valence-corrected chi connectivity index (χ1v) is 11.8. The molecule has 2 N–H and O–H groups in total. The van der Waals surface area contributed by atoms with Crippen LogP contribution in [0.5, 0.6) is 5.75 Å². The largest absolute Gasteiger partial charge is 0.496 e. The number of ether oxygens (including phenoxy) is 1. The lowest BCUT2D eigenvalue weighted by Gasteiger charge is -2.24. The summed E-state index contributed by atoms with van der Waals surface area (Å²) in [5, 5.41) is 0.481. The van der Waals surface area contributed by atoms with E-state index < -0.39 is 28.4 Å². The maximum atomic E-state index is 13.3. The highest BCUT2D eigenvalue weighted by Gasteiger charge is 2.38. The molecule has 3 rings (SSSR count). The van der Waals surface area contributed by atoms with Gasteiger partial charge in [0.2, 0.25) is 5.91 Å². The molecule has 1 atom stereocenters. The van der Waals surface area contributed by atoms with Crippen LogP contribution in [0.25, 0.3) is 0 Å². The minimum absolute atomic E-state index is 0.0320. The minimum atomic E-state index is -4.17. The van der Waals surface area contributed by atoms with Crippen LogP contribution in [0.1, 0.15) is 24.0 Å². The Morgan fingerprint density at radius 1 is 1.16 bits per heavy atom. The molecule has 1 heterocycles. The first kappa shape index (κ1) is 23.2. The predicted molar refractivity (Wildman–Crippen MR) is 118 cm³/mol. The predicted octanol–water partition coefficient (Wildman–Crippen LogP) is 2.59. The summed E-state index contributed by atoms with van der Waals surface area (Å²) in [6, 6.07) is 11.3. The van der Waals surface area contributed by atoms with Crippen molar-refractivity contribution in [3.05, 3.63) is 58.6 Å². The van der Waals surface area contributed by atoms with Crippen molar-refractivity contribution in [2.75, 3.05) is 20.2 Å². The molecule has 0 aromatic heterocycles. The standard InChI is InChI=1S/C22H25ClN2O5S/c1-30-21-9-5-18(23)13-17(21)12-16-4-6-19(26)14-25(22(16)27)31(28,29)20-7-2-15(3-8-20)10-11-24/h2-3,5,7-9,13,16H,4,6,10-12,14,24H2,1H3. The molecule has 1 unspecified atom stereocenters. The van der Waals surface area contributed by atoms with E-state index in [4.69, 9.17) is 22.1 Å². The van der Waals surface area contributed by atoms with Crippen LogP contribution >= 0.6 is 11.6 Å². The summed E-state index contributed by atoms with van der Waals surface area (Å²) in [4.78, 5) is 25.6. The Morgan fingerprint density at radius 3 is 2.52 bits per heavy atom. The van der Waals surface area contributed by atoms with E-state index in [-0.39, 0.29) is 29.9 Å². The summed E-state index contributed by atoms with van der Waals surface area (Å²) in [5.74, 6) is -1.03. The monoisotopic (exact) mass is 464 g/mol. The smallest absolute Gasteiger partial charge is 0.266 e. The molecule has 0 bridgehead atoms. The van der Waals surface area contributed by atoms with E-state index in [1.807, 2.05) is 0 Å². The molecular weight excluding hydrogens is 440 g/mol. The van der Waals surface area contributed by atoms with Crippen molar-refractivity contribution < 1.29 is 22.7 Å².